The molecule has 1 aromatic heterocycles. The van der Waals surface area contributed by atoms with Crippen molar-refractivity contribution in [3.05, 3.63) is 23.9 Å². The molecule has 0 N–H and O–H groups in total. The first-order chi connectivity index (χ1) is 7.34. The highest BCUT2D eigenvalue weighted by Gasteiger charge is 2.17. The summed E-state index contributed by atoms with van der Waals surface area (Å²) in [7, 11) is 0. The van der Waals surface area contributed by atoms with E-state index >= 15 is 0 Å². The Balaban J connectivity index is 0.000000531. The zero-order valence-corrected chi connectivity index (χ0v) is 9.69. The van der Waals surface area contributed by atoms with Gasteiger partial charge in [0.1, 0.15) is 6.10 Å². The highest BCUT2D eigenvalue weighted by molar-refractivity contribution is 5.16. The third kappa shape index (κ3) is 3.88. The van der Waals surface area contributed by atoms with Gasteiger partial charge in [-0.15, -0.1) is 0 Å². The van der Waals surface area contributed by atoms with Crippen LogP contribution in [0.4, 0.5) is 0 Å². The van der Waals surface area contributed by atoms with E-state index in [0.717, 1.165) is 18.6 Å². The van der Waals surface area contributed by atoms with Crippen LogP contribution in [0.1, 0.15) is 25.8 Å². The van der Waals surface area contributed by atoms with E-state index in [1.165, 1.54) is 0 Å². The van der Waals surface area contributed by atoms with Gasteiger partial charge in [0.05, 0.1) is 13.2 Å². The molecule has 1 unspecified atom stereocenters. The van der Waals surface area contributed by atoms with Crippen molar-refractivity contribution in [1.82, 2.24) is 4.98 Å². The predicted molar refractivity (Wildman–Crippen MR) is 60.2 cm³/mol. The van der Waals surface area contributed by atoms with E-state index in [-0.39, 0.29) is 6.10 Å². The molecule has 0 bridgehead atoms. The molecule has 0 radical (unpaired) electrons. The van der Waals surface area contributed by atoms with Crippen LogP contribution in [-0.4, -0.2) is 24.3 Å². The lowest BCUT2D eigenvalue weighted by Crippen LogP contribution is -2.16. The molecule has 3 nitrogen and oxygen atoms in total. The van der Waals surface area contributed by atoms with Gasteiger partial charge in [-0.2, -0.15) is 0 Å². The summed E-state index contributed by atoms with van der Waals surface area (Å²) in [5.74, 6) is 0.695. The zero-order chi connectivity index (χ0) is 11.1. The third-order valence-electron chi connectivity index (χ3n) is 2.06. The molecule has 0 aliphatic carbocycles. The SMILES string of the molecule is CC.Cc1ccc(OC2CCOC2)nc1. The van der Waals surface area contributed by atoms with Crippen molar-refractivity contribution in [3.63, 3.8) is 0 Å². The summed E-state index contributed by atoms with van der Waals surface area (Å²) in [6.45, 7) is 7.50. The molecule has 1 aliphatic heterocycles. The molecule has 0 amide bonds. The average Bonchev–Trinajstić information content (AvgIpc) is 2.77. The molecule has 84 valence electrons. The second-order valence-electron chi connectivity index (χ2n) is 3.28. The van der Waals surface area contributed by atoms with Crippen LogP contribution in [0, 0.1) is 6.92 Å². The van der Waals surface area contributed by atoms with Crippen molar-refractivity contribution in [1.29, 1.82) is 0 Å². The van der Waals surface area contributed by atoms with Crippen LogP contribution in [0.25, 0.3) is 0 Å². The number of rotatable bonds is 2. The normalized spacial score (nSPS) is 19.3. The molecule has 1 aliphatic rings. The molecule has 0 saturated carbocycles. The van der Waals surface area contributed by atoms with Crippen molar-refractivity contribution >= 4 is 0 Å². The Morgan fingerprint density at radius 3 is 2.73 bits per heavy atom. The molecule has 2 heterocycles. The van der Waals surface area contributed by atoms with Crippen LogP contribution in [0.3, 0.4) is 0 Å². The van der Waals surface area contributed by atoms with E-state index in [9.17, 15) is 0 Å². The summed E-state index contributed by atoms with van der Waals surface area (Å²) in [6, 6.07) is 3.89. The van der Waals surface area contributed by atoms with Gasteiger partial charge >= 0.3 is 0 Å². The largest absolute Gasteiger partial charge is 0.472 e. The van der Waals surface area contributed by atoms with Crippen LogP contribution in [0.15, 0.2) is 18.3 Å². The maximum Gasteiger partial charge on any atom is 0.213 e. The lowest BCUT2D eigenvalue weighted by atomic mass is 10.3. The first-order valence-corrected chi connectivity index (χ1v) is 5.51. The highest BCUT2D eigenvalue weighted by atomic mass is 16.5. The summed E-state index contributed by atoms with van der Waals surface area (Å²) >= 11 is 0. The Morgan fingerprint density at radius 2 is 2.20 bits per heavy atom. The number of aromatic nitrogens is 1. The maximum absolute atomic E-state index is 5.59. The Morgan fingerprint density at radius 1 is 1.40 bits per heavy atom. The predicted octanol–water partition coefficient (Wildman–Crippen LogP) is 2.58. The van der Waals surface area contributed by atoms with Gasteiger partial charge in [-0.25, -0.2) is 4.98 Å². The second-order valence-corrected chi connectivity index (χ2v) is 3.28. The fourth-order valence-corrected chi connectivity index (χ4v) is 1.30. The summed E-state index contributed by atoms with van der Waals surface area (Å²) in [5, 5.41) is 0. The van der Waals surface area contributed by atoms with Crippen molar-refractivity contribution < 1.29 is 9.47 Å². The minimum absolute atomic E-state index is 0.190. The molecule has 1 saturated heterocycles. The lowest BCUT2D eigenvalue weighted by Gasteiger charge is -2.10. The minimum atomic E-state index is 0.190. The van der Waals surface area contributed by atoms with E-state index in [0.29, 0.717) is 12.5 Å². The van der Waals surface area contributed by atoms with Crippen LogP contribution in [-0.2, 0) is 4.74 Å². The summed E-state index contributed by atoms with van der Waals surface area (Å²) < 4.78 is 10.8. The monoisotopic (exact) mass is 209 g/mol. The summed E-state index contributed by atoms with van der Waals surface area (Å²) in [6.07, 6.45) is 2.97. The number of hydrogen-bond donors (Lipinski definition) is 0. The first kappa shape index (κ1) is 12.0. The van der Waals surface area contributed by atoms with Crippen LogP contribution >= 0.6 is 0 Å². The van der Waals surface area contributed by atoms with Gasteiger partial charge in [-0.1, -0.05) is 19.9 Å². The van der Waals surface area contributed by atoms with Gasteiger partial charge in [-0.05, 0) is 12.5 Å². The molecule has 0 aromatic carbocycles. The van der Waals surface area contributed by atoms with E-state index < -0.39 is 0 Å². The fourth-order valence-electron chi connectivity index (χ4n) is 1.30. The van der Waals surface area contributed by atoms with Gasteiger partial charge < -0.3 is 9.47 Å². The molecule has 1 fully saturated rings. The molecule has 15 heavy (non-hydrogen) atoms. The van der Waals surface area contributed by atoms with E-state index in [1.54, 1.807) is 0 Å². The van der Waals surface area contributed by atoms with Gasteiger partial charge in [0, 0.05) is 18.7 Å². The Bertz CT molecular complexity index is 265. The Kier molecular flexibility index (Phi) is 5.12. The van der Waals surface area contributed by atoms with Crippen LogP contribution in [0.5, 0.6) is 5.88 Å². The molecule has 3 heteroatoms. The first-order valence-electron chi connectivity index (χ1n) is 5.51. The Hall–Kier alpha value is -1.09. The molecule has 0 spiro atoms. The minimum Gasteiger partial charge on any atom is -0.472 e. The standard InChI is InChI=1S/C10H13NO2.C2H6/c1-8-2-3-10(11-6-8)13-9-4-5-12-7-9;1-2/h2-3,6,9H,4-5,7H2,1H3;1-2H3. The van der Waals surface area contributed by atoms with Crippen molar-refractivity contribution in [2.45, 2.75) is 33.3 Å². The average molecular weight is 209 g/mol. The quantitative estimate of drug-likeness (QED) is 0.750. The van der Waals surface area contributed by atoms with Crippen molar-refractivity contribution in [2.24, 2.45) is 0 Å². The fraction of sp³-hybridized carbons (Fsp3) is 0.583. The number of hydrogen-bond acceptors (Lipinski definition) is 3. The van der Waals surface area contributed by atoms with Gasteiger partial charge in [0.2, 0.25) is 5.88 Å². The van der Waals surface area contributed by atoms with E-state index in [2.05, 4.69) is 4.98 Å². The van der Waals surface area contributed by atoms with E-state index in [1.807, 2.05) is 39.1 Å². The van der Waals surface area contributed by atoms with Crippen LogP contribution in [0.2, 0.25) is 0 Å². The maximum atomic E-state index is 5.59. The number of nitrogens with zero attached hydrogens (tertiary/aromatic N) is 1. The molecule has 2 rings (SSSR count). The number of pyridine rings is 1. The molecule has 1 aromatic rings. The molecular formula is C12H19NO2. The number of aryl methyl sites for hydroxylation is 1. The van der Waals surface area contributed by atoms with Crippen molar-refractivity contribution in [2.75, 3.05) is 13.2 Å². The Labute approximate surface area is 91.4 Å². The smallest absolute Gasteiger partial charge is 0.213 e. The summed E-state index contributed by atoms with van der Waals surface area (Å²) in [4.78, 5) is 4.16. The topological polar surface area (TPSA) is 31.4 Å². The number of ether oxygens (including phenoxy) is 2. The van der Waals surface area contributed by atoms with Crippen molar-refractivity contribution in [3.8, 4) is 5.88 Å². The molecule has 1 atom stereocenters. The highest BCUT2D eigenvalue weighted by Crippen LogP contribution is 2.14. The van der Waals surface area contributed by atoms with Gasteiger partial charge in [0.15, 0.2) is 0 Å². The second kappa shape index (κ2) is 6.40. The van der Waals surface area contributed by atoms with Crippen LogP contribution < -0.4 is 4.74 Å². The van der Waals surface area contributed by atoms with Gasteiger partial charge in [-0.3, -0.25) is 0 Å². The third-order valence-corrected chi connectivity index (χ3v) is 2.06. The molecular weight excluding hydrogens is 190 g/mol. The summed E-state index contributed by atoms with van der Waals surface area (Å²) in [5.41, 5.74) is 1.15. The van der Waals surface area contributed by atoms with Gasteiger partial charge in [0.25, 0.3) is 0 Å². The van der Waals surface area contributed by atoms with E-state index in [4.69, 9.17) is 9.47 Å². The zero-order valence-electron chi connectivity index (χ0n) is 9.69. The lowest BCUT2D eigenvalue weighted by molar-refractivity contribution is 0.138.